The van der Waals surface area contributed by atoms with Gasteiger partial charge in [0.2, 0.25) is 0 Å². The Balaban J connectivity index is 2.30. The molecule has 0 saturated carbocycles. The van der Waals surface area contributed by atoms with E-state index in [1.165, 1.54) is 24.3 Å². The smallest absolute Gasteiger partial charge is 0.131 e. The van der Waals surface area contributed by atoms with Gasteiger partial charge in [-0.25, -0.2) is 0 Å². The lowest BCUT2D eigenvalue weighted by molar-refractivity contribution is 0.405. The molecule has 98 valence electrons. The third-order valence-corrected chi connectivity index (χ3v) is 5.69. The van der Waals surface area contributed by atoms with Crippen LogP contribution in [-0.2, 0) is 0 Å². The predicted octanol–water partition coefficient (Wildman–Crippen LogP) is 3.55. The SMILES string of the molecule is CCC1CCCN(c2sc(C#N)c(N)c2SC)C1. The van der Waals surface area contributed by atoms with Gasteiger partial charge in [-0.15, -0.1) is 23.1 Å². The Morgan fingerprint density at radius 1 is 1.61 bits per heavy atom. The molecular weight excluding hydrogens is 262 g/mol. The van der Waals surface area contributed by atoms with Gasteiger partial charge in [-0.1, -0.05) is 13.3 Å². The molecule has 1 aromatic rings. The molecule has 0 radical (unpaired) electrons. The first-order valence-corrected chi connectivity index (χ1v) is 8.36. The largest absolute Gasteiger partial charge is 0.396 e. The van der Waals surface area contributed by atoms with Gasteiger partial charge in [-0.3, -0.25) is 0 Å². The number of nitrogen functional groups attached to an aromatic ring is 1. The molecular formula is C13H19N3S2. The zero-order valence-electron chi connectivity index (χ0n) is 10.9. The Kier molecular flexibility index (Phi) is 4.41. The second-order valence-electron chi connectivity index (χ2n) is 4.66. The highest BCUT2D eigenvalue weighted by Crippen LogP contribution is 2.44. The molecule has 1 fully saturated rings. The first-order chi connectivity index (χ1) is 8.71. The van der Waals surface area contributed by atoms with Gasteiger partial charge in [0.15, 0.2) is 0 Å². The van der Waals surface area contributed by atoms with E-state index in [9.17, 15) is 0 Å². The van der Waals surface area contributed by atoms with Crippen LogP contribution < -0.4 is 10.6 Å². The van der Waals surface area contributed by atoms with Crippen molar-refractivity contribution >= 4 is 33.8 Å². The number of hydrogen-bond donors (Lipinski definition) is 1. The van der Waals surface area contributed by atoms with E-state index in [0.717, 1.165) is 23.9 Å². The number of thiophene rings is 1. The van der Waals surface area contributed by atoms with Crippen molar-refractivity contribution in [1.82, 2.24) is 0 Å². The minimum atomic E-state index is 0.660. The summed E-state index contributed by atoms with van der Waals surface area (Å²) in [5.41, 5.74) is 6.71. The molecule has 1 unspecified atom stereocenters. The highest BCUT2D eigenvalue weighted by molar-refractivity contribution is 7.99. The molecule has 0 amide bonds. The number of anilines is 2. The maximum Gasteiger partial charge on any atom is 0.131 e. The van der Waals surface area contributed by atoms with Crippen molar-refractivity contribution in [3.05, 3.63) is 4.88 Å². The Hall–Kier alpha value is -0.860. The van der Waals surface area contributed by atoms with E-state index >= 15 is 0 Å². The van der Waals surface area contributed by atoms with E-state index in [2.05, 4.69) is 17.9 Å². The van der Waals surface area contributed by atoms with Crippen molar-refractivity contribution in [2.75, 3.05) is 30.0 Å². The van der Waals surface area contributed by atoms with Crippen molar-refractivity contribution in [1.29, 1.82) is 5.26 Å². The molecule has 5 heteroatoms. The molecule has 0 aliphatic carbocycles. The molecule has 2 rings (SSSR count). The summed E-state index contributed by atoms with van der Waals surface area (Å²) in [6.45, 7) is 4.46. The minimum Gasteiger partial charge on any atom is -0.396 e. The molecule has 0 bridgehead atoms. The first kappa shape index (κ1) is 13.6. The van der Waals surface area contributed by atoms with Gasteiger partial charge >= 0.3 is 0 Å². The average molecular weight is 281 g/mol. The van der Waals surface area contributed by atoms with Gasteiger partial charge in [0, 0.05) is 13.1 Å². The Morgan fingerprint density at radius 2 is 2.39 bits per heavy atom. The minimum absolute atomic E-state index is 0.660. The number of thioether (sulfide) groups is 1. The molecule has 1 aliphatic heterocycles. The summed E-state index contributed by atoms with van der Waals surface area (Å²) in [5.74, 6) is 0.780. The van der Waals surface area contributed by atoms with E-state index in [0.29, 0.717) is 10.6 Å². The van der Waals surface area contributed by atoms with Gasteiger partial charge in [-0.2, -0.15) is 5.26 Å². The molecule has 0 aromatic carbocycles. The highest BCUT2D eigenvalue weighted by Gasteiger charge is 2.24. The van der Waals surface area contributed by atoms with E-state index < -0.39 is 0 Å². The van der Waals surface area contributed by atoms with Crippen LogP contribution in [0.3, 0.4) is 0 Å². The van der Waals surface area contributed by atoms with Crippen LogP contribution in [0.2, 0.25) is 0 Å². The molecule has 1 saturated heterocycles. The van der Waals surface area contributed by atoms with Crippen LogP contribution in [0.15, 0.2) is 4.90 Å². The quantitative estimate of drug-likeness (QED) is 0.861. The molecule has 3 nitrogen and oxygen atoms in total. The van der Waals surface area contributed by atoms with Crippen molar-refractivity contribution in [3.63, 3.8) is 0 Å². The van der Waals surface area contributed by atoms with Gasteiger partial charge in [0.05, 0.1) is 10.6 Å². The number of hydrogen-bond acceptors (Lipinski definition) is 5. The number of rotatable bonds is 3. The molecule has 1 aliphatic rings. The summed E-state index contributed by atoms with van der Waals surface area (Å²) in [6, 6.07) is 2.21. The van der Waals surface area contributed by atoms with Gasteiger partial charge in [-0.05, 0) is 25.0 Å². The summed E-state index contributed by atoms with van der Waals surface area (Å²) in [4.78, 5) is 4.17. The zero-order valence-corrected chi connectivity index (χ0v) is 12.5. The summed E-state index contributed by atoms with van der Waals surface area (Å²) >= 11 is 3.20. The predicted molar refractivity (Wildman–Crippen MR) is 80.5 cm³/mol. The van der Waals surface area contributed by atoms with Gasteiger partial charge in [0.25, 0.3) is 0 Å². The maximum absolute atomic E-state index is 9.10. The van der Waals surface area contributed by atoms with Crippen LogP contribution in [-0.4, -0.2) is 19.3 Å². The second kappa shape index (κ2) is 5.85. The standard InChI is InChI=1S/C13H19N3S2/c1-3-9-5-4-6-16(8-9)13-12(17-2)11(15)10(7-14)18-13/h9H,3-6,8,15H2,1-2H3. The fraction of sp³-hybridized carbons (Fsp3) is 0.615. The number of piperidine rings is 1. The monoisotopic (exact) mass is 281 g/mol. The highest BCUT2D eigenvalue weighted by atomic mass is 32.2. The third-order valence-electron chi connectivity index (χ3n) is 3.57. The van der Waals surface area contributed by atoms with Crippen LogP contribution in [0.25, 0.3) is 0 Å². The summed E-state index contributed by atoms with van der Waals surface area (Å²) < 4.78 is 0. The summed E-state index contributed by atoms with van der Waals surface area (Å²) in [6.07, 6.45) is 5.83. The van der Waals surface area contributed by atoms with Crippen LogP contribution in [0, 0.1) is 17.2 Å². The second-order valence-corrected chi connectivity index (χ2v) is 6.47. The number of nitrogens with two attached hydrogens (primary N) is 1. The fourth-order valence-corrected chi connectivity index (χ4v) is 4.50. The molecule has 0 spiro atoms. The van der Waals surface area contributed by atoms with E-state index in [4.69, 9.17) is 11.0 Å². The Bertz CT molecular complexity index is 462. The normalized spacial score (nSPS) is 19.8. The molecule has 18 heavy (non-hydrogen) atoms. The number of nitrogens with zero attached hydrogens (tertiary/aromatic N) is 2. The van der Waals surface area contributed by atoms with Gasteiger partial charge in [0.1, 0.15) is 15.9 Å². The first-order valence-electron chi connectivity index (χ1n) is 6.32. The van der Waals surface area contributed by atoms with Gasteiger partial charge < -0.3 is 10.6 Å². The van der Waals surface area contributed by atoms with Crippen LogP contribution >= 0.6 is 23.1 Å². The Labute approximate surface area is 117 Å². The Morgan fingerprint density at radius 3 is 3.00 bits per heavy atom. The van der Waals surface area contributed by atoms with Crippen molar-refractivity contribution in [2.45, 2.75) is 31.1 Å². The van der Waals surface area contributed by atoms with E-state index in [1.54, 1.807) is 23.1 Å². The average Bonchev–Trinajstić information content (AvgIpc) is 2.75. The molecule has 2 N–H and O–H groups in total. The zero-order chi connectivity index (χ0) is 13.1. The lowest BCUT2D eigenvalue weighted by Crippen LogP contribution is -2.34. The lowest BCUT2D eigenvalue weighted by atomic mass is 9.96. The third kappa shape index (κ3) is 2.45. The summed E-state index contributed by atoms with van der Waals surface area (Å²) in [7, 11) is 0. The van der Waals surface area contributed by atoms with E-state index in [-0.39, 0.29) is 0 Å². The number of nitriles is 1. The fourth-order valence-electron chi connectivity index (χ4n) is 2.49. The van der Waals surface area contributed by atoms with Crippen molar-refractivity contribution in [3.8, 4) is 6.07 Å². The van der Waals surface area contributed by atoms with Crippen LogP contribution in [0.4, 0.5) is 10.7 Å². The van der Waals surface area contributed by atoms with E-state index in [1.807, 2.05) is 6.26 Å². The molecule has 2 heterocycles. The molecule has 1 aromatic heterocycles. The van der Waals surface area contributed by atoms with Crippen LogP contribution in [0.5, 0.6) is 0 Å². The maximum atomic E-state index is 9.10. The van der Waals surface area contributed by atoms with Crippen molar-refractivity contribution in [2.24, 2.45) is 5.92 Å². The van der Waals surface area contributed by atoms with Crippen LogP contribution in [0.1, 0.15) is 31.1 Å². The summed E-state index contributed by atoms with van der Waals surface area (Å²) in [5, 5.41) is 10.3. The molecule has 1 atom stereocenters. The topological polar surface area (TPSA) is 53.0 Å². The van der Waals surface area contributed by atoms with Crippen molar-refractivity contribution < 1.29 is 0 Å². The lowest BCUT2D eigenvalue weighted by Gasteiger charge is -2.33.